The highest BCUT2D eigenvalue weighted by atomic mass is 19.1. The van der Waals surface area contributed by atoms with Gasteiger partial charge in [0.2, 0.25) is 0 Å². The number of rotatable bonds is 8. The van der Waals surface area contributed by atoms with Gasteiger partial charge in [0, 0.05) is 44.4 Å². The predicted octanol–water partition coefficient (Wildman–Crippen LogP) is 4.48. The molecule has 1 spiro atoms. The van der Waals surface area contributed by atoms with Crippen molar-refractivity contribution >= 4 is 0 Å². The first-order valence-electron chi connectivity index (χ1n) is 11.5. The van der Waals surface area contributed by atoms with Gasteiger partial charge in [-0.2, -0.15) is 0 Å². The lowest BCUT2D eigenvalue weighted by Gasteiger charge is -2.40. The maximum Gasteiger partial charge on any atom is 0.127 e. The van der Waals surface area contributed by atoms with Gasteiger partial charge >= 0.3 is 0 Å². The lowest BCUT2D eigenvalue weighted by Crippen LogP contribution is -2.44. The average molecular weight is 443 g/mol. The first-order chi connectivity index (χ1) is 15.5. The van der Waals surface area contributed by atoms with Crippen LogP contribution in [-0.4, -0.2) is 57.3 Å². The van der Waals surface area contributed by atoms with E-state index < -0.39 is 0 Å². The number of benzene rings is 2. The molecule has 2 aliphatic heterocycles. The Morgan fingerprint density at radius 1 is 0.875 bits per heavy atom. The Labute approximate surface area is 191 Å². The van der Waals surface area contributed by atoms with Gasteiger partial charge in [0.1, 0.15) is 17.3 Å². The molecule has 0 saturated carbocycles. The van der Waals surface area contributed by atoms with Crippen LogP contribution in [0.25, 0.3) is 0 Å². The minimum Gasteiger partial charge on any atom is -0.497 e. The quantitative estimate of drug-likeness (QED) is 0.602. The van der Waals surface area contributed by atoms with Crippen LogP contribution < -0.4 is 9.47 Å². The highest BCUT2D eigenvalue weighted by Crippen LogP contribution is 2.40. The van der Waals surface area contributed by atoms with Crippen LogP contribution in [0.1, 0.15) is 36.0 Å². The minimum absolute atomic E-state index is 0.148. The molecule has 32 heavy (non-hydrogen) atoms. The summed E-state index contributed by atoms with van der Waals surface area (Å²) in [7, 11) is 5.04. The minimum atomic E-state index is -0.148. The molecule has 2 heterocycles. The summed E-state index contributed by atoms with van der Waals surface area (Å²) in [5.74, 6) is 1.44. The number of methoxy groups -OCH3 is 3. The van der Waals surface area contributed by atoms with E-state index in [9.17, 15) is 4.39 Å². The molecule has 6 heteroatoms. The van der Waals surface area contributed by atoms with Gasteiger partial charge in [-0.3, -0.25) is 9.80 Å². The van der Waals surface area contributed by atoms with Crippen LogP contribution in [0, 0.1) is 11.2 Å². The molecule has 0 radical (unpaired) electrons. The Morgan fingerprint density at radius 3 is 2.44 bits per heavy atom. The molecule has 0 N–H and O–H groups in total. The first kappa shape index (κ1) is 23.0. The number of halogens is 1. The molecule has 2 fully saturated rings. The monoisotopic (exact) mass is 442 g/mol. The van der Waals surface area contributed by atoms with Crippen LogP contribution in [-0.2, 0) is 24.4 Å². The smallest absolute Gasteiger partial charge is 0.127 e. The molecule has 2 saturated heterocycles. The highest BCUT2D eigenvalue weighted by molar-refractivity contribution is 5.37. The topological polar surface area (TPSA) is 34.2 Å². The molecule has 5 nitrogen and oxygen atoms in total. The summed E-state index contributed by atoms with van der Waals surface area (Å²) in [5, 5.41) is 0. The van der Waals surface area contributed by atoms with Gasteiger partial charge < -0.3 is 14.2 Å². The summed E-state index contributed by atoms with van der Waals surface area (Å²) in [5.41, 5.74) is 3.40. The second kappa shape index (κ2) is 10.2. The molecular formula is C26H35FN2O3. The normalized spacial score (nSPS) is 21.9. The van der Waals surface area contributed by atoms with Gasteiger partial charge in [-0.15, -0.1) is 0 Å². The summed E-state index contributed by atoms with van der Waals surface area (Å²) in [4.78, 5) is 4.99. The maximum absolute atomic E-state index is 14.4. The van der Waals surface area contributed by atoms with Gasteiger partial charge in [0.05, 0.1) is 20.8 Å². The van der Waals surface area contributed by atoms with E-state index in [-0.39, 0.29) is 5.82 Å². The van der Waals surface area contributed by atoms with Crippen LogP contribution >= 0.6 is 0 Å². The van der Waals surface area contributed by atoms with E-state index in [1.165, 1.54) is 30.9 Å². The van der Waals surface area contributed by atoms with Crippen molar-refractivity contribution in [3.63, 3.8) is 0 Å². The fourth-order valence-corrected chi connectivity index (χ4v) is 5.44. The zero-order valence-corrected chi connectivity index (χ0v) is 19.5. The Hall–Kier alpha value is -2.15. The molecule has 0 unspecified atom stereocenters. The number of hydrogen-bond acceptors (Lipinski definition) is 5. The summed E-state index contributed by atoms with van der Waals surface area (Å²) < 4.78 is 30.5. The van der Waals surface area contributed by atoms with Crippen molar-refractivity contribution in [2.75, 3.05) is 47.5 Å². The second-order valence-corrected chi connectivity index (χ2v) is 9.31. The van der Waals surface area contributed by atoms with Crippen LogP contribution in [0.15, 0.2) is 36.4 Å². The van der Waals surface area contributed by atoms with Crippen molar-refractivity contribution in [2.24, 2.45) is 5.41 Å². The fourth-order valence-electron chi connectivity index (χ4n) is 5.44. The SMILES string of the molecule is COCc1cc(CN2CC[C@@]3(CCCN(Cc4cc(OC)ccc4F)C3)C2)ccc1OC. The van der Waals surface area contributed by atoms with Gasteiger partial charge in [-0.25, -0.2) is 4.39 Å². The average Bonchev–Trinajstić information content (AvgIpc) is 3.17. The van der Waals surface area contributed by atoms with Gasteiger partial charge in [-0.1, -0.05) is 6.07 Å². The van der Waals surface area contributed by atoms with Crippen LogP contribution in [0.4, 0.5) is 4.39 Å². The van der Waals surface area contributed by atoms with E-state index in [0.717, 1.165) is 49.6 Å². The third-order valence-corrected chi connectivity index (χ3v) is 6.96. The molecular weight excluding hydrogens is 407 g/mol. The zero-order valence-electron chi connectivity index (χ0n) is 19.5. The highest BCUT2D eigenvalue weighted by Gasteiger charge is 2.41. The van der Waals surface area contributed by atoms with Crippen molar-refractivity contribution in [3.8, 4) is 11.5 Å². The lowest BCUT2D eigenvalue weighted by molar-refractivity contribution is 0.0857. The molecule has 0 aliphatic carbocycles. The third kappa shape index (κ3) is 5.25. The second-order valence-electron chi connectivity index (χ2n) is 9.31. The van der Waals surface area contributed by atoms with Crippen molar-refractivity contribution in [1.29, 1.82) is 0 Å². The Bertz CT molecular complexity index is 922. The number of piperidine rings is 1. The Morgan fingerprint density at radius 2 is 1.69 bits per heavy atom. The zero-order chi connectivity index (χ0) is 22.6. The Balaban J connectivity index is 1.39. The molecule has 2 aliphatic rings. The summed E-state index contributed by atoms with van der Waals surface area (Å²) in [6.45, 7) is 6.38. The maximum atomic E-state index is 14.4. The molecule has 174 valence electrons. The molecule has 4 rings (SSSR count). The van der Waals surface area contributed by atoms with Gasteiger partial charge in [0.25, 0.3) is 0 Å². The summed E-state index contributed by atoms with van der Waals surface area (Å²) in [6.07, 6.45) is 3.61. The molecule has 0 bridgehead atoms. The van der Waals surface area contributed by atoms with Crippen LogP contribution in [0.5, 0.6) is 11.5 Å². The third-order valence-electron chi connectivity index (χ3n) is 6.96. The van der Waals surface area contributed by atoms with E-state index >= 15 is 0 Å². The van der Waals surface area contributed by atoms with Crippen molar-refractivity contribution in [2.45, 2.75) is 39.0 Å². The standard InChI is InChI=1S/C26H35FN2O3/c1-30-17-22-13-20(5-8-25(22)32-3)15-29-12-10-26(19-29)9-4-11-28(18-26)16-21-14-23(31-2)6-7-24(21)27/h5-8,13-14H,4,9-12,15-19H2,1-3H3/t26-/m1/s1. The van der Waals surface area contributed by atoms with E-state index in [2.05, 4.69) is 21.9 Å². The molecule has 0 aromatic heterocycles. The predicted molar refractivity (Wildman–Crippen MR) is 123 cm³/mol. The molecule has 0 amide bonds. The number of nitrogens with zero attached hydrogens (tertiary/aromatic N) is 2. The van der Waals surface area contributed by atoms with E-state index in [4.69, 9.17) is 14.2 Å². The van der Waals surface area contributed by atoms with Gasteiger partial charge in [-0.05, 0) is 73.7 Å². The molecule has 2 aromatic rings. The van der Waals surface area contributed by atoms with Crippen LogP contribution in [0.2, 0.25) is 0 Å². The fraction of sp³-hybridized carbons (Fsp3) is 0.538. The van der Waals surface area contributed by atoms with Crippen molar-refractivity contribution in [1.82, 2.24) is 9.80 Å². The summed E-state index contributed by atoms with van der Waals surface area (Å²) in [6, 6.07) is 11.4. The molecule has 1 atom stereocenters. The number of ether oxygens (including phenoxy) is 3. The number of hydrogen-bond donors (Lipinski definition) is 0. The van der Waals surface area contributed by atoms with Crippen molar-refractivity contribution < 1.29 is 18.6 Å². The largest absolute Gasteiger partial charge is 0.497 e. The van der Waals surface area contributed by atoms with Gasteiger partial charge in [0.15, 0.2) is 0 Å². The summed E-state index contributed by atoms with van der Waals surface area (Å²) >= 11 is 0. The molecule has 2 aromatic carbocycles. The number of likely N-dealkylation sites (tertiary alicyclic amines) is 2. The first-order valence-corrected chi connectivity index (χ1v) is 11.5. The Kier molecular flexibility index (Phi) is 7.33. The van der Waals surface area contributed by atoms with E-state index in [1.807, 2.05) is 12.1 Å². The van der Waals surface area contributed by atoms with E-state index in [0.29, 0.717) is 24.3 Å². The lowest BCUT2D eigenvalue weighted by atomic mass is 9.79. The van der Waals surface area contributed by atoms with E-state index in [1.54, 1.807) is 27.4 Å². The van der Waals surface area contributed by atoms with Crippen molar-refractivity contribution in [3.05, 3.63) is 58.9 Å². The van der Waals surface area contributed by atoms with Crippen LogP contribution in [0.3, 0.4) is 0 Å².